The molecule has 1 atom stereocenters. The minimum absolute atomic E-state index is 0.329. The van der Waals surface area contributed by atoms with Gasteiger partial charge in [0, 0.05) is 24.4 Å². The van der Waals surface area contributed by atoms with E-state index in [0.717, 1.165) is 30.2 Å². The fraction of sp³-hybridized carbons (Fsp3) is 0.353. The van der Waals surface area contributed by atoms with Crippen molar-refractivity contribution in [2.24, 2.45) is 0 Å². The van der Waals surface area contributed by atoms with Crippen LogP contribution in [0.25, 0.3) is 0 Å². The predicted molar refractivity (Wildman–Crippen MR) is 83.1 cm³/mol. The first-order chi connectivity index (χ1) is 10.3. The van der Waals surface area contributed by atoms with Gasteiger partial charge in [-0.1, -0.05) is 0 Å². The summed E-state index contributed by atoms with van der Waals surface area (Å²) in [5.41, 5.74) is 2.37. The monoisotopic (exact) mass is 284 g/mol. The maximum Gasteiger partial charge on any atom is 0.127 e. The molecule has 0 amide bonds. The number of aromatic nitrogens is 1. The summed E-state index contributed by atoms with van der Waals surface area (Å²) < 4.78 is 10.8. The van der Waals surface area contributed by atoms with E-state index in [0.29, 0.717) is 6.04 Å². The average molecular weight is 284 g/mol. The number of hydrogen-bond donors (Lipinski definition) is 0. The summed E-state index contributed by atoms with van der Waals surface area (Å²) in [7, 11) is 3.38. The van der Waals surface area contributed by atoms with Crippen LogP contribution in [0.3, 0.4) is 0 Å². The zero-order chi connectivity index (χ0) is 14.7. The third kappa shape index (κ3) is 2.66. The van der Waals surface area contributed by atoms with E-state index in [1.165, 1.54) is 12.0 Å². The summed E-state index contributed by atoms with van der Waals surface area (Å²) in [5.74, 6) is 1.71. The summed E-state index contributed by atoms with van der Waals surface area (Å²) in [4.78, 5) is 6.63. The summed E-state index contributed by atoms with van der Waals surface area (Å²) in [6, 6.07) is 10.5. The van der Waals surface area contributed by atoms with Crippen LogP contribution >= 0.6 is 0 Å². The van der Waals surface area contributed by atoms with Crippen LogP contribution in [0, 0.1) is 0 Å². The normalized spacial score (nSPS) is 17.8. The van der Waals surface area contributed by atoms with Crippen molar-refractivity contribution in [3.05, 3.63) is 48.3 Å². The minimum Gasteiger partial charge on any atom is -0.497 e. The van der Waals surface area contributed by atoms with Crippen LogP contribution in [0.2, 0.25) is 0 Å². The molecule has 4 heteroatoms. The van der Waals surface area contributed by atoms with Gasteiger partial charge >= 0.3 is 0 Å². The molecule has 2 heterocycles. The Hall–Kier alpha value is -2.23. The van der Waals surface area contributed by atoms with Gasteiger partial charge in [-0.25, -0.2) is 0 Å². The zero-order valence-corrected chi connectivity index (χ0v) is 12.5. The Labute approximate surface area is 125 Å². The molecule has 1 aromatic heterocycles. The highest BCUT2D eigenvalue weighted by atomic mass is 16.5. The molecule has 1 saturated heterocycles. The fourth-order valence-corrected chi connectivity index (χ4v) is 3.02. The van der Waals surface area contributed by atoms with E-state index in [4.69, 9.17) is 9.47 Å². The Balaban J connectivity index is 1.95. The first-order valence-electron chi connectivity index (χ1n) is 7.22. The summed E-state index contributed by atoms with van der Waals surface area (Å²) in [6.07, 6.45) is 6.03. The van der Waals surface area contributed by atoms with Gasteiger partial charge in [-0.2, -0.15) is 0 Å². The van der Waals surface area contributed by atoms with Gasteiger partial charge in [0.25, 0.3) is 0 Å². The van der Waals surface area contributed by atoms with Crippen LogP contribution < -0.4 is 14.4 Å². The molecule has 2 aromatic rings. The van der Waals surface area contributed by atoms with E-state index in [-0.39, 0.29) is 0 Å². The largest absolute Gasteiger partial charge is 0.497 e. The van der Waals surface area contributed by atoms with Gasteiger partial charge in [0.2, 0.25) is 0 Å². The summed E-state index contributed by atoms with van der Waals surface area (Å²) in [6.45, 7) is 1.05. The molecule has 1 fully saturated rings. The smallest absolute Gasteiger partial charge is 0.127 e. The van der Waals surface area contributed by atoms with Gasteiger partial charge in [0.15, 0.2) is 0 Å². The summed E-state index contributed by atoms with van der Waals surface area (Å²) >= 11 is 0. The molecule has 0 aliphatic carbocycles. The van der Waals surface area contributed by atoms with E-state index < -0.39 is 0 Å². The number of hydrogen-bond acceptors (Lipinski definition) is 4. The van der Waals surface area contributed by atoms with Crippen molar-refractivity contribution in [2.75, 3.05) is 25.7 Å². The average Bonchev–Trinajstić information content (AvgIpc) is 3.04. The van der Waals surface area contributed by atoms with Gasteiger partial charge in [-0.05, 0) is 37.1 Å². The van der Waals surface area contributed by atoms with Crippen LogP contribution in [0.5, 0.6) is 11.5 Å². The van der Waals surface area contributed by atoms with Crippen LogP contribution in [0.4, 0.5) is 5.69 Å². The van der Waals surface area contributed by atoms with E-state index in [2.05, 4.69) is 22.0 Å². The first-order valence-corrected chi connectivity index (χ1v) is 7.22. The molecule has 0 N–H and O–H groups in total. The zero-order valence-electron chi connectivity index (χ0n) is 12.5. The van der Waals surface area contributed by atoms with E-state index in [9.17, 15) is 0 Å². The molecule has 1 aliphatic rings. The Morgan fingerprint density at radius 3 is 2.81 bits per heavy atom. The Morgan fingerprint density at radius 2 is 2.10 bits per heavy atom. The van der Waals surface area contributed by atoms with E-state index in [1.807, 2.05) is 30.6 Å². The molecule has 3 rings (SSSR count). The lowest BCUT2D eigenvalue weighted by Gasteiger charge is -2.28. The first kappa shape index (κ1) is 13.7. The summed E-state index contributed by atoms with van der Waals surface area (Å²) in [5, 5.41) is 0. The predicted octanol–water partition coefficient (Wildman–Crippen LogP) is 3.44. The van der Waals surface area contributed by atoms with Gasteiger partial charge in [0.05, 0.1) is 32.1 Å². The second-order valence-electron chi connectivity index (χ2n) is 5.17. The van der Waals surface area contributed by atoms with Crippen molar-refractivity contribution < 1.29 is 9.47 Å². The second kappa shape index (κ2) is 6.04. The van der Waals surface area contributed by atoms with Crippen LogP contribution in [0.1, 0.15) is 24.4 Å². The molecule has 0 bridgehead atoms. The molecular formula is C17H20N2O2. The molecule has 1 aliphatic heterocycles. The third-order valence-electron chi connectivity index (χ3n) is 4.03. The molecule has 0 saturated carbocycles. The van der Waals surface area contributed by atoms with Gasteiger partial charge < -0.3 is 14.4 Å². The van der Waals surface area contributed by atoms with E-state index in [1.54, 1.807) is 14.2 Å². The molecule has 0 radical (unpaired) electrons. The third-order valence-corrected chi connectivity index (χ3v) is 4.03. The molecule has 1 aromatic carbocycles. The van der Waals surface area contributed by atoms with Crippen molar-refractivity contribution in [2.45, 2.75) is 18.9 Å². The number of anilines is 1. The minimum atomic E-state index is 0.329. The number of methoxy groups -OCH3 is 2. The lowest BCUT2D eigenvalue weighted by atomic mass is 10.0. The number of nitrogens with zero attached hydrogens (tertiary/aromatic N) is 2. The Morgan fingerprint density at radius 1 is 1.19 bits per heavy atom. The SMILES string of the molecule is COc1ccc(C2CCCN2c2cccnc2)c(OC)c1. The number of benzene rings is 1. The number of ether oxygens (including phenoxy) is 2. The molecule has 0 spiro atoms. The topological polar surface area (TPSA) is 34.6 Å². The maximum absolute atomic E-state index is 5.56. The lowest BCUT2D eigenvalue weighted by molar-refractivity contribution is 0.388. The quantitative estimate of drug-likeness (QED) is 0.861. The van der Waals surface area contributed by atoms with Crippen molar-refractivity contribution in [3.8, 4) is 11.5 Å². The van der Waals surface area contributed by atoms with Crippen molar-refractivity contribution in [1.29, 1.82) is 0 Å². The van der Waals surface area contributed by atoms with Crippen LogP contribution in [-0.2, 0) is 0 Å². The molecule has 4 nitrogen and oxygen atoms in total. The molecule has 110 valence electrons. The number of rotatable bonds is 4. The number of pyridine rings is 1. The van der Waals surface area contributed by atoms with Crippen LogP contribution in [-0.4, -0.2) is 25.7 Å². The maximum atomic E-state index is 5.56. The van der Waals surface area contributed by atoms with Crippen molar-refractivity contribution >= 4 is 5.69 Å². The van der Waals surface area contributed by atoms with Gasteiger partial charge in [0.1, 0.15) is 11.5 Å². The molecule has 21 heavy (non-hydrogen) atoms. The van der Waals surface area contributed by atoms with E-state index >= 15 is 0 Å². The Bertz CT molecular complexity index is 601. The standard InChI is InChI=1S/C17H20N2O2/c1-20-14-7-8-15(17(11-14)21-2)16-6-4-10-19(16)13-5-3-9-18-12-13/h3,5,7-9,11-12,16H,4,6,10H2,1-2H3. The Kier molecular flexibility index (Phi) is 3.95. The van der Waals surface area contributed by atoms with Gasteiger partial charge in [-0.3, -0.25) is 4.98 Å². The molecule has 1 unspecified atom stereocenters. The van der Waals surface area contributed by atoms with Gasteiger partial charge in [-0.15, -0.1) is 0 Å². The highest BCUT2D eigenvalue weighted by Crippen LogP contribution is 2.40. The second-order valence-corrected chi connectivity index (χ2v) is 5.17. The highest BCUT2D eigenvalue weighted by Gasteiger charge is 2.28. The lowest BCUT2D eigenvalue weighted by Crippen LogP contribution is -2.23. The molecular weight excluding hydrogens is 264 g/mol. The van der Waals surface area contributed by atoms with Crippen LogP contribution in [0.15, 0.2) is 42.7 Å². The van der Waals surface area contributed by atoms with Crippen molar-refractivity contribution in [3.63, 3.8) is 0 Å². The fourth-order valence-electron chi connectivity index (χ4n) is 3.02. The highest BCUT2D eigenvalue weighted by molar-refractivity contribution is 5.52. The van der Waals surface area contributed by atoms with Crippen molar-refractivity contribution in [1.82, 2.24) is 4.98 Å².